The third kappa shape index (κ3) is 6.70. The standard InChI is InChI=1S/C37H29ClN2O5/c38-27-12-14-28(15-13-27)40(22-23-9-10-23)29-16-18-33(39-21-29)35(43)26-11-17-31(34(42)25-7-4-8-30(41)19-25)32(20-26)37(45)36(44)24-5-2-1-3-6-24/h1-8,11-21,23,36,41,44H,9-10,22H2. The maximum atomic E-state index is 13.7. The first-order chi connectivity index (χ1) is 21.8. The zero-order valence-corrected chi connectivity index (χ0v) is 24.9. The fourth-order valence-corrected chi connectivity index (χ4v) is 5.32. The molecule has 1 heterocycles. The molecule has 4 aromatic carbocycles. The Morgan fingerprint density at radius 3 is 2.16 bits per heavy atom. The van der Waals surface area contributed by atoms with Gasteiger partial charge in [0.1, 0.15) is 17.5 Å². The summed E-state index contributed by atoms with van der Waals surface area (Å²) in [4.78, 5) is 47.4. The number of hydrogen-bond donors (Lipinski definition) is 2. The van der Waals surface area contributed by atoms with Crippen LogP contribution in [-0.4, -0.2) is 39.1 Å². The van der Waals surface area contributed by atoms with E-state index in [1.807, 2.05) is 30.3 Å². The number of nitrogens with zero attached hydrogens (tertiary/aromatic N) is 2. The number of hydrogen-bond acceptors (Lipinski definition) is 7. The Morgan fingerprint density at radius 1 is 0.778 bits per heavy atom. The number of anilines is 2. The van der Waals surface area contributed by atoms with Crippen molar-refractivity contribution < 1.29 is 24.6 Å². The van der Waals surface area contributed by atoms with Gasteiger partial charge in [-0.2, -0.15) is 0 Å². The van der Waals surface area contributed by atoms with Gasteiger partial charge in [-0.15, -0.1) is 0 Å². The first-order valence-corrected chi connectivity index (χ1v) is 14.9. The van der Waals surface area contributed by atoms with Crippen LogP contribution in [0.1, 0.15) is 66.8 Å². The molecule has 7 nitrogen and oxygen atoms in total. The van der Waals surface area contributed by atoms with E-state index in [9.17, 15) is 24.6 Å². The summed E-state index contributed by atoms with van der Waals surface area (Å²) in [5, 5.41) is 21.5. The summed E-state index contributed by atoms with van der Waals surface area (Å²) in [6.07, 6.45) is 2.42. The number of rotatable bonds is 11. The van der Waals surface area contributed by atoms with Crippen LogP contribution in [0.3, 0.4) is 0 Å². The quantitative estimate of drug-likeness (QED) is 0.149. The number of aliphatic hydroxyl groups is 1. The Labute approximate surface area is 265 Å². The largest absolute Gasteiger partial charge is 0.508 e. The van der Waals surface area contributed by atoms with E-state index in [2.05, 4.69) is 9.88 Å². The van der Waals surface area contributed by atoms with Crippen LogP contribution in [0, 0.1) is 5.92 Å². The monoisotopic (exact) mass is 616 g/mol. The lowest BCUT2D eigenvalue weighted by molar-refractivity contribution is 0.0744. The summed E-state index contributed by atoms with van der Waals surface area (Å²) in [6.45, 7) is 0.820. The van der Waals surface area contributed by atoms with Crippen molar-refractivity contribution in [1.82, 2.24) is 4.98 Å². The van der Waals surface area contributed by atoms with Gasteiger partial charge in [-0.3, -0.25) is 19.4 Å². The van der Waals surface area contributed by atoms with Gasteiger partial charge in [0.2, 0.25) is 5.78 Å². The van der Waals surface area contributed by atoms with Crippen molar-refractivity contribution in [1.29, 1.82) is 0 Å². The number of Topliss-reactive ketones (excluding diaryl/α,β-unsaturated/α-hetero) is 1. The minimum absolute atomic E-state index is 0.000814. The zero-order chi connectivity index (χ0) is 31.5. The molecule has 1 saturated carbocycles. The fraction of sp³-hybridized carbons (Fsp3) is 0.135. The van der Waals surface area contributed by atoms with Crippen LogP contribution < -0.4 is 4.90 Å². The average molecular weight is 617 g/mol. The van der Waals surface area contributed by atoms with Gasteiger partial charge in [-0.05, 0) is 85.0 Å². The predicted octanol–water partition coefficient (Wildman–Crippen LogP) is 7.37. The van der Waals surface area contributed by atoms with Crippen LogP contribution in [0.5, 0.6) is 5.75 Å². The van der Waals surface area contributed by atoms with E-state index in [4.69, 9.17) is 11.6 Å². The van der Waals surface area contributed by atoms with Crippen molar-refractivity contribution in [2.45, 2.75) is 18.9 Å². The van der Waals surface area contributed by atoms with Crippen LogP contribution in [-0.2, 0) is 0 Å². The smallest absolute Gasteiger partial charge is 0.211 e. The summed E-state index contributed by atoms with van der Waals surface area (Å²) in [7, 11) is 0. The third-order valence-corrected chi connectivity index (χ3v) is 8.08. The van der Waals surface area contributed by atoms with E-state index in [0.29, 0.717) is 16.5 Å². The molecule has 0 saturated heterocycles. The number of aliphatic hydroxyl groups excluding tert-OH is 1. The highest BCUT2D eigenvalue weighted by molar-refractivity contribution is 6.30. The molecule has 6 rings (SSSR count). The van der Waals surface area contributed by atoms with Gasteiger partial charge in [0.25, 0.3) is 0 Å². The van der Waals surface area contributed by atoms with Crippen LogP contribution in [0.4, 0.5) is 11.4 Å². The Bertz CT molecular complexity index is 1870. The van der Waals surface area contributed by atoms with Gasteiger partial charge in [0, 0.05) is 39.5 Å². The summed E-state index contributed by atoms with van der Waals surface area (Å²) in [6, 6.07) is 29.4. The van der Waals surface area contributed by atoms with Gasteiger partial charge >= 0.3 is 0 Å². The highest BCUT2D eigenvalue weighted by Crippen LogP contribution is 2.35. The second-order valence-corrected chi connectivity index (χ2v) is 11.5. The number of halogens is 1. The summed E-state index contributed by atoms with van der Waals surface area (Å²) in [5.41, 5.74) is 2.50. The molecular weight excluding hydrogens is 588 g/mol. The predicted molar refractivity (Wildman–Crippen MR) is 173 cm³/mol. The molecule has 0 spiro atoms. The third-order valence-electron chi connectivity index (χ3n) is 7.83. The Balaban J connectivity index is 1.33. The van der Waals surface area contributed by atoms with E-state index in [1.165, 1.54) is 42.5 Å². The van der Waals surface area contributed by atoms with Crippen molar-refractivity contribution in [2.24, 2.45) is 5.92 Å². The molecule has 1 aliphatic carbocycles. The fourth-order valence-electron chi connectivity index (χ4n) is 5.19. The van der Waals surface area contributed by atoms with Crippen molar-refractivity contribution in [2.75, 3.05) is 11.4 Å². The van der Waals surface area contributed by atoms with Gasteiger partial charge in [0.05, 0.1) is 11.9 Å². The first kappa shape index (κ1) is 29.9. The topological polar surface area (TPSA) is 108 Å². The van der Waals surface area contributed by atoms with Crippen molar-refractivity contribution >= 4 is 40.3 Å². The number of carbonyl (C=O) groups is 3. The van der Waals surface area contributed by atoms with Crippen LogP contribution in [0.25, 0.3) is 0 Å². The van der Waals surface area contributed by atoms with Gasteiger partial charge in [-0.1, -0.05) is 60.1 Å². The van der Waals surface area contributed by atoms with Crippen molar-refractivity contribution in [3.05, 3.63) is 154 Å². The minimum Gasteiger partial charge on any atom is -0.508 e. The molecule has 8 heteroatoms. The molecule has 1 fully saturated rings. The number of aromatic hydroxyl groups is 1. The maximum absolute atomic E-state index is 13.7. The van der Waals surface area contributed by atoms with E-state index in [1.54, 1.807) is 42.6 Å². The summed E-state index contributed by atoms with van der Waals surface area (Å²) in [5.74, 6) is -1.23. The van der Waals surface area contributed by atoms with Crippen molar-refractivity contribution in [3.8, 4) is 5.75 Å². The molecule has 1 aliphatic rings. The van der Waals surface area contributed by atoms with Crippen LogP contribution >= 0.6 is 11.6 Å². The molecule has 45 heavy (non-hydrogen) atoms. The summed E-state index contributed by atoms with van der Waals surface area (Å²) < 4.78 is 0. The number of ketones is 3. The molecular formula is C37H29ClN2O5. The molecule has 1 unspecified atom stereocenters. The molecule has 0 aliphatic heterocycles. The molecule has 1 aromatic heterocycles. The molecule has 0 bridgehead atoms. The van der Waals surface area contributed by atoms with E-state index >= 15 is 0 Å². The lowest BCUT2D eigenvalue weighted by atomic mass is 9.89. The molecule has 1 atom stereocenters. The number of phenols is 1. The second-order valence-electron chi connectivity index (χ2n) is 11.1. The van der Waals surface area contributed by atoms with E-state index in [-0.39, 0.29) is 33.7 Å². The lowest BCUT2D eigenvalue weighted by Gasteiger charge is -2.25. The van der Waals surface area contributed by atoms with Crippen LogP contribution in [0.2, 0.25) is 5.02 Å². The summed E-state index contributed by atoms with van der Waals surface area (Å²) >= 11 is 6.11. The number of benzene rings is 4. The molecule has 2 N–H and O–H groups in total. The average Bonchev–Trinajstić information content (AvgIpc) is 3.91. The number of phenolic OH excluding ortho intramolecular Hbond substituents is 1. The maximum Gasteiger partial charge on any atom is 0.211 e. The Hall–Kier alpha value is -5.11. The number of carbonyl (C=O) groups excluding carboxylic acids is 3. The second kappa shape index (κ2) is 12.9. The van der Waals surface area contributed by atoms with Crippen LogP contribution in [0.15, 0.2) is 115 Å². The highest BCUT2D eigenvalue weighted by Gasteiger charge is 2.28. The minimum atomic E-state index is -1.56. The SMILES string of the molecule is O=C(c1ccc(C(=O)c2cccc(O)c2)c(C(=O)C(O)c2ccccc2)c1)c1ccc(N(CC2CC2)c2ccc(Cl)cc2)cn1. The Morgan fingerprint density at radius 2 is 1.49 bits per heavy atom. The first-order valence-electron chi connectivity index (χ1n) is 14.6. The molecule has 224 valence electrons. The van der Waals surface area contributed by atoms with Crippen molar-refractivity contribution in [3.63, 3.8) is 0 Å². The normalized spacial score (nSPS) is 13.2. The highest BCUT2D eigenvalue weighted by atomic mass is 35.5. The molecule has 0 radical (unpaired) electrons. The lowest BCUT2D eigenvalue weighted by Crippen LogP contribution is -2.20. The Kier molecular flexibility index (Phi) is 8.56. The van der Waals surface area contributed by atoms with Gasteiger partial charge in [-0.25, -0.2) is 0 Å². The van der Waals surface area contributed by atoms with E-state index < -0.39 is 23.5 Å². The van der Waals surface area contributed by atoms with Gasteiger partial charge < -0.3 is 15.1 Å². The molecule has 0 amide bonds. The van der Waals surface area contributed by atoms with E-state index in [0.717, 1.165) is 30.8 Å². The molecule has 5 aromatic rings. The number of aromatic nitrogens is 1. The number of pyridine rings is 1. The zero-order valence-electron chi connectivity index (χ0n) is 24.1. The van der Waals surface area contributed by atoms with Gasteiger partial charge in [0.15, 0.2) is 11.6 Å².